The van der Waals surface area contributed by atoms with Crippen LogP contribution in [0.25, 0.3) is 21.0 Å². The van der Waals surface area contributed by atoms with Crippen molar-refractivity contribution < 1.29 is 0 Å². The molecule has 4 heterocycles. The minimum absolute atomic E-state index is 0.835. The molecule has 24 heavy (non-hydrogen) atoms. The van der Waals surface area contributed by atoms with Crippen molar-refractivity contribution in [2.75, 3.05) is 13.1 Å². The summed E-state index contributed by atoms with van der Waals surface area (Å²) >= 11 is 1.97. The summed E-state index contributed by atoms with van der Waals surface area (Å²) in [4.78, 5) is 6.23. The van der Waals surface area contributed by atoms with Crippen molar-refractivity contribution in [3.63, 3.8) is 0 Å². The van der Waals surface area contributed by atoms with Crippen LogP contribution in [0.1, 0.15) is 16.1 Å². The Morgan fingerprint density at radius 1 is 1.08 bits per heavy atom. The Labute approximate surface area is 144 Å². The van der Waals surface area contributed by atoms with Crippen LogP contribution in [0.5, 0.6) is 0 Å². The molecule has 1 aliphatic heterocycles. The zero-order valence-electron chi connectivity index (χ0n) is 13.5. The van der Waals surface area contributed by atoms with E-state index in [4.69, 9.17) is 0 Å². The van der Waals surface area contributed by atoms with Crippen molar-refractivity contribution in [1.82, 2.24) is 14.9 Å². The third kappa shape index (κ3) is 2.26. The van der Waals surface area contributed by atoms with Gasteiger partial charge in [0.25, 0.3) is 0 Å². The van der Waals surface area contributed by atoms with Gasteiger partial charge in [-0.3, -0.25) is 4.98 Å². The molecule has 0 atom stereocenters. The second-order valence-corrected chi connectivity index (χ2v) is 7.53. The predicted molar refractivity (Wildman–Crippen MR) is 101 cm³/mol. The summed E-state index contributed by atoms with van der Waals surface area (Å²) in [6.45, 7) is 3.01. The van der Waals surface area contributed by atoms with Gasteiger partial charge in [-0.15, -0.1) is 11.3 Å². The van der Waals surface area contributed by atoms with Gasteiger partial charge in [0.1, 0.15) is 0 Å². The third-order valence-corrected chi connectivity index (χ3v) is 6.19. The number of nitrogens with zero attached hydrogens (tertiary/aromatic N) is 2. The van der Waals surface area contributed by atoms with Crippen LogP contribution >= 0.6 is 11.3 Å². The van der Waals surface area contributed by atoms with E-state index < -0.39 is 0 Å². The van der Waals surface area contributed by atoms with E-state index in [2.05, 4.69) is 57.5 Å². The Hall–Kier alpha value is -2.17. The fourth-order valence-corrected chi connectivity index (χ4v) is 5.04. The summed E-state index contributed by atoms with van der Waals surface area (Å²) in [7, 11) is 0. The lowest BCUT2D eigenvalue weighted by Crippen LogP contribution is -2.16. The molecule has 0 spiro atoms. The zero-order valence-corrected chi connectivity index (χ0v) is 14.3. The molecule has 120 valence electrons. The smallest absolute Gasteiger partial charge is 0.0679 e. The van der Waals surface area contributed by atoms with Crippen molar-refractivity contribution in [2.24, 2.45) is 0 Å². The Balaban J connectivity index is 1.63. The zero-order chi connectivity index (χ0) is 15.9. The molecule has 0 saturated carbocycles. The molecule has 4 heteroatoms. The SMILES string of the molecule is c1ccc2c(Cn3ccc4sc5c(c43)CCNCC5)nccc2c1. The first kappa shape index (κ1) is 14.2. The molecule has 1 aromatic carbocycles. The molecule has 4 aromatic rings. The lowest BCUT2D eigenvalue weighted by Gasteiger charge is -2.09. The van der Waals surface area contributed by atoms with E-state index in [9.17, 15) is 0 Å². The Morgan fingerprint density at radius 3 is 3.00 bits per heavy atom. The molecule has 0 bridgehead atoms. The highest BCUT2D eigenvalue weighted by Crippen LogP contribution is 2.34. The van der Waals surface area contributed by atoms with E-state index in [1.807, 2.05) is 17.5 Å². The second-order valence-electron chi connectivity index (χ2n) is 6.39. The number of benzene rings is 1. The van der Waals surface area contributed by atoms with E-state index >= 15 is 0 Å². The molecular formula is C20H19N3S. The number of nitrogens with one attached hydrogen (secondary N) is 1. The summed E-state index contributed by atoms with van der Waals surface area (Å²) < 4.78 is 3.81. The lowest BCUT2D eigenvalue weighted by molar-refractivity contribution is 0.711. The summed E-state index contributed by atoms with van der Waals surface area (Å²) in [6, 6.07) is 12.9. The minimum Gasteiger partial charge on any atom is -0.341 e. The summed E-state index contributed by atoms with van der Waals surface area (Å²) in [5.74, 6) is 0. The largest absolute Gasteiger partial charge is 0.341 e. The predicted octanol–water partition coefficient (Wildman–Crippen LogP) is 3.99. The normalized spacial score (nSPS) is 14.8. The molecule has 0 aliphatic carbocycles. The van der Waals surface area contributed by atoms with Gasteiger partial charge in [-0.25, -0.2) is 0 Å². The maximum absolute atomic E-state index is 4.67. The number of hydrogen-bond acceptors (Lipinski definition) is 3. The Bertz CT molecular complexity index is 1020. The number of pyridine rings is 1. The van der Waals surface area contributed by atoms with Gasteiger partial charge in [0, 0.05) is 22.7 Å². The molecule has 3 nitrogen and oxygen atoms in total. The molecule has 0 amide bonds. The van der Waals surface area contributed by atoms with Gasteiger partial charge < -0.3 is 9.88 Å². The van der Waals surface area contributed by atoms with Crippen molar-refractivity contribution in [1.29, 1.82) is 0 Å². The highest BCUT2D eigenvalue weighted by Gasteiger charge is 2.18. The monoisotopic (exact) mass is 333 g/mol. The van der Waals surface area contributed by atoms with Crippen LogP contribution in [0.4, 0.5) is 0 Å². The van der Waals surface area contributed by atoms with Gasteiger partial charge in [0.05, 0.1) is 22.5 Å². The first-order chi connectivity index (χ1) is 11.9. The van der Waals surface area contributed by atoms with Gasteiger partial charge in [-0.2, -0.15) is 0 Å². The van der Waals surface area contributed by atoms with Crippen LogP contribution in [0.2, 0.25) is 0 Å². The summed E-state index contributed by atoms with van der Waals surface area (Å²) in [6.07, 6.45) is 6.43. The second kappa shape index (κ2) is 5.72. The summed E-state index contributed by atoms with van der Waals surface area (Å²) in [5, 5.41) is 6.03. The average Bonchev–Trinajstić information content (AvgIpc) is 3.07. The standard InChI is InChI=1S/C20H19N3S/c1-2-4-15-14(3-1)5-11-22-17(15)13-23-12-8-19-20(23)16-6-9-21-10-7-18(16)24-19/h1-5,8,11-12,21H,6-7,9-10,13H2. The summed E-state index contributed by atoms with van der Waals surface area (Å²) in [5.41, 5.74) is 4.12. The highest BCUT2D eigenvalue weighted by atomic mass is 32.1. The van der Waals surface area contributed by atoms with Crippen LogP contribution < -0.4 is 5.32 Å². The van der Waals surface area contributed by atoms with Gasteiger partial charge in [0.15, 0.2) is 0 Å². The van der Waals surface area contributed by atoms with Crippen LogP contribution in [-0.2, 0) is 19.4 Å². The molecule has 1 aliphatic rings. The Morgan fingerprint density at radius 2 is 2.00 bits per heavy atom. The fraction of sp³-hybridized carbons (Fsp3) is 0.250. The quantitative estimate of drug-likeness (QED) is 0.601. The van der Waals surface area contributed by atoms with E-state index in [0.29, 0.717) is 0 Å². The maximum atomic E-state index is 4.67. The highest BCUT2D eigenvalue weighted by molar-refractivity contribution is 7.19. The number of thiophene rings is 1. The lowest BCUT2D eigenvalue weighted by atomic mass is 10.1. The van der Waals surface area contributed by atoms with E-state index in [1.165, 1.54) is 21.0 Å². The third-order valence-electron chi connectivity index (χ3n) is 4.94. The fourth-order valence-electron chi connectivity index (χ4n) is 3.78. The van der Waals surface area contributed by atoms with Crippen LogP contribution in [-0.4, -0.2) is 22.6 Å². The van der Waals surface area contributed by atoms with Crippen LogP contribution in [0.15, 0.2) is 48.8 Å². The maximum Gasteiger partial charge on any atom is 0.0679 e. The van der Waals surface area contributed by atoms with E-state index in [0.717, 1.165) is 38.2 Å². The topological polar surface area (TPSA) is 29.9 Å². The number of hydrogen-bond donors (Lipinski definition) is 1. The number of rotatable bonds is 2. The molecule has 0 fully saturated rings. The van der Waals surface area contributed by atoms with E-state index in [1.54, 1.807) is 10.4 Å². The average molecular weight is 333 g/mol. The van der Waals surface area contributed by atoms with Crippen molar-refractivity contribution in [3.8, 4) is 0 Å². The van der Waals surface area contributed by atoms with Crippen LogP contribution in [0.3, 0.4) is 0 Å². The Kier molecular flexibility index (Phi) is 3.39. The van der Waals surface area contributed by atoms with Crippen molar-refractivity contribution >= 4 is 32.3 Å². The van der Waals surface area contributed by atoms with Crippen molar-refractivity contribution in [2.45, 2.75) is 19.4 Å². The molecular weight excluding hydrogens is 314 g/mol. The van der Waals surface area contributed by atoms with Gasteiger partial charge >= 0.3 is 0 Å². The number of fused-ring (bicyclic) bond motifs is 4. The van der Waals surface area contributed by atoms with Crippen molar-refractivity contribution in [3.05, 3.63) is 64.9 Å². The molecule has 0 unspecified atom stereocenters. The van der Waals surface area contributed by atoms with Gasteiger partial charge in [0.2, 0.25) is 0 Å². The van der Waals surface area contributed by atoms with Crippen LogP contribution in [0, 0.1) is 0 Å². The van der Waals surface area contributed by atoms with E-state index in [-0.39, 0.29) is 0 Å². The molecule has 5 rings (SSSR count). The van der Waals surface area contributed by atoms with Gasteiger partial charge in [-0.05, 0) is 49.0 Å². The number of aromatic nitrogens is 2. The first-order valence-corrected chi connectivity index (χ1v) is 9.34. The molecule has 3 aromatic heterocycles. The first-order valence-electron chi connectivity index (χ1n) is 8.53. The molecule has 0 radical (unpaired) electrons. The molecule has 1 N–H and O–H groups in total. The molecule has 0 saturated heterocycles. The minimum atomic E-state index is 0.835. The van der Waals surface area contributed by atoms with Gasteiger partial charge in [-0.1, -0.05) is 24.3 Å².